The zero-order valence-electron chi connectivity index (χ0n) is 54.7. The lowest BCUT2D eigenvalue weighted by Gasteiger charge is -2.59. The SMILES string of the molecule is CNC1c2c3cccc2C2CCC(CC4=CCNC(N)=C4)(CN=C4NC(n5cc6cc[nH]c6c5)C5C(O)NC6CCCCC6C#CCC6(C7CC(OC(C)=O)CC(c8cc(O)c(O)c(OCCc9cccnc9)c8)O7)CC#CC7C(CC(C3)CC75N4)Oc3cc(ccc3O)C6)C21. The number of fused-ring (bicyclic) bond motifs is 9. The third-order valence-electron chi connectivity index (χ3n) is 23.6. The van der Waals surface area contributed by atoms with Gasteiger partial charge in [-0.05, 0) is 169 Å². The first-order valence-corrected chi connectivity index (χ1v) is 34.9. The Morgan fingerprint density at radius 3 is 2.70 bits per heavy atom. The normalized spacial score (nSPS) is 34.1. The fraction of sp³-hybridized carbons (Fsp3) is 0.494. The first-order valence-electron chi connectivity index (χ1n) is 34.9. The van der Waals surface area contributed by atoms with Gasteiger partial charge in [0.1, 0.15) is 24.6 Å². The number of aromatic hydroxyl groups is 3. The van der Waals surface area contributed by atoms with Crippen LogP contribution in [0.2, 0.25) is 0 Å². The Labute approximate surface area is 560 Å². The van der Waals surface area contributed by atoms with Gasteiger partial charge in [-0.3, -0.25) is 20.1 Å². The molecule has 3 saturated carbocycles. The van der Waals surface area contributed by atoms with E-state index in [1.165, 1.54) is 35.3 Å². The van der Waals surface area contributed by atoms with Crippen molar-refractivity contribution in [1.29, 1.82) is 0 Å². The first-order chi connectivity index (χ1) is 46.7. The van der Waals surface area contributed by atoms with Gasteiger partial charge in [0.2, 0.25) is 5.75 Å². The molecule has 17 atom stereocenters. The van der Waals surface area contributed by atoms with Crippen LogP contribution in [-0.2, 0) is 33.5 Å². The second kappa shape index (κ2) is 25.1. The highest BCUT2D eigenvalue weighted by Crippen LogP contribution is 2.65. The van der Waals surface area contributed by atoms with Crippen molar-refractivity contribution in [1.82, 2.24) is 41.1 Å². The number of phenols is 3. The number of allylic oxidation sites excluding steroid dienone is 2. The number of rotatable bonds is 11. The lowest BCUT2D eigenvalue weighted by Crippen LogP contribution is -2.76. The molecule has 1 spiro atoms. The van der Waals surface area contributed by atoms with Gasteiger partial charge in [0.15, 0.2) is 29.0 Å². The highest BCUT2D eigenvalue weighted by Gasteiger charge is 2.63. The second-order valence-electron chi connectivity index (χ2n) is 29.4. The van der Waals surface area contributed by atoms with Crippen molar-refractivity contribution in [2.45, 2.75) is 170 Å². The number of aliphatic hydroxyl groups excluding tert-OH is 1. The van der Waals surface area contributed by atoms with Crippen molar-refractivity contribution < 1.29 is 44.2 Å². The number of aromatic nitrogens is 3. The standard InChI is InChI=1S/C77H88N10O9/c1-44(88)94-53-35-61(52-33-60(90)71(91)64(34-52)93-28-21-45-9-8-25-80-40-45)96-65(36-53)75-22-6-12-49-10-3-4-15-57(49)84-73(92)69-72(87-41-51-20-27-81-58(51)42-87)85-74-83-43-76(38-47-19-26-82-66(78)32-47)24-18-55-54-13-5-11-50(67(54)70(79-2)68(55)76)29-48-31-62(56(14-7-23-75)77(69,39-48)86-74)95-63-30-46(37-75)16-17-59(63)89/h5,8-9,11,13,16-17,19-20,25,27,30,32-34,40-42,48-49,53,55-57,61-62,65,68-70,72-73,79,81-82,84,89-92H,3-4,10,15,18,21-24,26,28-29,31,35-39,43,78H2,1-2H3,(H2,83,85,86). The average molecular weight is 1300 g/mol. The molecule has 500 valence electrons. The number of benzene rings is 3. The van der Waals surface area contributed by atoms with E-state index in [0.29, 0.717) is 80.6 Å². The molecule has 96 heavy (non-hydrogen) atoms. The maximum atomic E-state index is 13.9. The van der Waals surface area contributed by atoms with Gasteiger partial charge < -0.3 is 75.9 Å². The van der Waals surface area contributed by atoms with Crippen molar-refractivity contribution in [3.05, 3.63) is 155 Å². The molecule has 0 amide bonds. The summed E-state index contributed by atoms with van der Waals surface area (Å²) < 4.78 is 29.8. The minimum atomic E-state index is -1.11. The van der Waals surface area contributed by atoms with E-state index in [2.05, 4.69) is 121 Å². The molecule has 19 heteroatoms. The van der Waals surface area contributed by atoms with Gasteiger partial charge >= 0.3 is 5.97 Å². The number of dihydropyridines is 1. The van der Waals surface area contributed by atoms with E-state index in [1.807, 2.05) is 30.5 Å². The number of aliphatic hydroxyl groups is 1. The number of carbonyl (C=O) groups is 1. The zero-order chi connectivity index (χ0) is 65.5. The van der Waals surface area contributed by atoms with Gasteiger partial charge in [0.05, 0.1) is 47.5 Å². The highest BCUT2D eigenvalue weighted by atomic mass is 16.6. The number of guanidine groups is 1. The molecule has 10 aliphatic rings. The summed E-state index contributed by atoms with van der Waals surface area (Å²) >= 11 is 0. The Balaban J connectivity index is 0.880. The number of nitrogens with zero attached hydrogens (tertiary/aromatic N) is 3. The number of phenolic OH excluding ortho intramolecular Hbond substituents is 3. The fourth-order valence-electron chi connectivity index (χ4n) is 19.5. The van der Waals surface area contributed by atoms with Gasteiger partial charge in [0.25, 0.3) is 0 Å². The Hall–Kier alpha value is -8.59. The minimum absolute atomic E-state index is 0.00210. The van der Waals surface area contributed by atoms with E-state index >= 15 is 0 Å². The summed E-state index contributed by atoms with van der Waals surface area (Å²) in [5.74, 6) is 15.2. The molecule has 12 N–H and O–H groups in total. The molecule has 9 heterocycles. The summed E-state index contributed by atoms with van der Waals surface area (Å²) in [7, 11) is 2.13. The number of aliphatic imine (C=N–C) groups is 1. The summed E-state index contributed by atoms with van der Waals surface area (Å²) in [5, 5.41) is 69.5. The van der Waals surface area contributed by atoms with Crippen LogP contribution in [0.4, 0.5) is 0 Å². The fourth-order valence-corrected chi connectivity index (χ4v) is 19.5. The van der Waals surface area contributed by atoms with Gasteiger partial charge in [-0.25, -0.2) is 0 Å². The maximum Gasteiger partial charge on any atom is 0.302 e. The Bertz CT molecular complexity index is 4170. The number of hydrogen-bond acceptors (Lipinski definition) is 17. The van der Waals surface area contributed by atoms with Crippen LogP contribution in [-0.4, -0.2) is 110 Å². The number of pyridine rings is 1. The van der Waals surface area contributed by atoms with Crippen LogP contribution in [0.1, 0.15) is 148 Å². The topological polar surface area (TPSA) is 267 Å². The summed E-state index contributed by atoms with van der Waals surface area (Å²) in [5.41, 5.74) is 13.0. The first kappa shape index (κ1) is 62.2. The minimum Gasteiger partial charge on any atom is -0.504 e. The molecule has 17 unspecified atom stereocenters. The molecule has 5 fully saturated rings. The van der Waals surface area contributed by atoms with Crippen molar-refractivity contribution in [2.75, 3.05) is 26.7 Å². The van der Waals surface area contributed by atoms with E-state index < -0.39 is 65.6 Å². The van der Waals surface area contributed by atoms with Crippen molar-refractivity contribution in [2.24, 2.45) is 51.1 Å². The van der Waals surface area contributed by atoms with Crippen LogP contribution in [0.3, 0.4) is 0 Å². The van der Waals surface area contributed by atoms with E-state index in [-0.39, 0.29) is 77.7 Å². The van der Waals surface area contributed by atoms with Crippen LogP contribution in [0, 0.1) is 64.1 Å². The zero-order valence-corrected chi connectivity index (χ0v) is 54.7. The number of carbonyl (C=O) groups excluding carboxylic acids is 1. The van der Waals surface area contributed by atoms with Crippen LogP contribution < -0.4 is 41.8 Å². The third-order valence-corrected chi connectivity index (χ3v) is 23.6. The number of hydrogen-bond donors (Lipinski definition) is 11. The number of nitrogens with one attached hydrogen (secondary N) is 6. The molecule has 3 aromatic heterocycles. The highest BCUT2D eigenvalue weighted by molar-refractivity contribution is 5.83. The lowest BCUT2D eigenvalue weighted by atomic mass is 9.58. The maximum absolute atomic E-state index is 13.9. The van der Waals surface area contributed by atoms with E-state index in [1.54, 1.807) is 24.5 Å². The lowest BCUT2D eigenvalue weighted by molar-refractivity contribution is -0.174. The molecule has 3 aromatic carbocycles. The van der Waals surface area contributed by atoms with E-state index in [9.17, 15) is 25.2 Å². The molecule has 6 aliphatic heterocycles. The predicted molar refractivity (Wildman–Crippen MR) is 363 cm³/mol. The summed E-state index contributed by atoms with van der Waals surface area (Å²) in [6.45, 7) is 2.80. The average Bonchev–Trinajstić information content (AvgIpc) is 1.31. The van der Waals surface area contributed by atoms with Crippen LogP contribution in [0.5, 0.6) is 28.7 Å². The summed E-state index contributed by atoms with van der Waals surface area (Å²) in [6, 6.07) is 21.7. The Morgan fingerprint density at radius 1 is 0.969 bits per heavy atom. The number of H-pyrrole nitrogens is 1. The molecular weight excluding hydrogens is 1210 g/mol. The largest absolute Gasteiger partial charge is 0.504 e. The van der Waals surface area contributed by atoms with Crippen molar-refractivity contribution in [3.63, 3.8) is 0 Å². The predicted octanol–water partition coefficient (Wildman–Crippen LogP) is 9.37. The molecule has 16 rings (SSSR count). The van der Waals surface area contributed by atoms with Crippen molar-refractivity contribution >= 4 is 22.8 Å². The second-order valence-corrected chi connectivity index (χ2v) is 29.4. The smallest absolute Gasteiger partial charge is 0.302 e. The van der Waals surface area contributed by atoms with E-state index in [4.69, 9.17) is 29.7 Å². The summed E-state index contributed by atoms with van der Waals surface area (Å²) in [4.78, 5) is 26.9. The monoisotopic (exact) mass is 1300 g/mol. The Morgan fingerprint density at radius 2 is 1.85 bits per heavy atom. The van der Waals surface area contributed by atoms with Gasteiger partial charge in [-0.1, -0.05) is 61.1 Å². The van der Waals surface area contributed by atoms with E-state index in [0.717, 1.165) is 73.4 Å². The van der Waals surface area contributed by atoms with Crippen LogP contribution >= 0.6 is 0 Å². The van der Waals surface area contributed by atoms with Crippen LogP contribution in [0.15, 0.2) is 126 Å². The van der Waals surface area contributed by atoms with Crippen molar-refractivity contribution in [3.8, 4) is 52.4 Å². The van der Waals surface area contributed by atoms with Gasteiger partial charge in [-0.15, -0.1) is 11.8 Å². The molecule has 6 aromatic rings. The van der Waals surface area contributed by atoms with Gasteiger partial charge in [-0.2, -0.15) is 0 Å². The van der Waals surface area contributed by atoms with Gasteiger partial charge in [0, 0.05) is 112 Å². The quantitative estimate of drug-likeness (QED) is 0.0328. The van der Waals surface area contributed by atoms with Crippen LogP contribution in [0.25, 0.3) is 10.9 Å². The molecular formula is C77H88N10O9. The number of aromatic amines is 1. The molecule has 9 bridgehead atoms. The molecule has 0 radical (unpaired) electrons. The molecule has 19 nitrogen and oxygen atoms in total. The molecule has 4 aliphatic carbocycles. The number of esters is 1. The summed E-state index contributed by atoms with van der Waals surface area (Å²) in [6.07, 6.45) is 20.2. The number of nitrogens with two attached hydrogens (primary N) is 1. The molecule has 2 saturated heterocycles. The number of ether oxygens (including phenoxy) is 4. The third kappa shape index (κ3) is 11.4. The Kier molecular flexibility index (Phi) is 16.3.